The lowest BCUT2D eigenvalue weighted by Gasteiger charge is -2.06. The Morgan fingerprint density at radius 2 is 2.38 bits per heavy atom. The van der Waals surface area contributed by atoms with E-state index in [0.717, 1.165) is 10.2 Å². The third-order valence-electron chi connectivity index (χ3n) is 1.53. The minimum Gasteiger partial charge on any atom is -0.240 e. The zero-order valence-corrected chi connectivity index (χ0v) is 10.1. The van der Waals surface area contributed by atoms with Crippen LogP contribution in [-0.2, 0) is 0 Å². The molecule has 0 radical (unpaired) electrons. The molecule has 1 unspecified atom stereocenters. The van der Waals surface area contributed by atoms with E-state index < -0.39 is 0 Å². The fraction of sp³-hybridized carbons (Fsp3) is 0.375. The SMILES string of the molecule is Cc1ncc(Br)c(C(C#N)CBr)n1. The van der Waals surface area contributed by atoms with Crippen LogP contribution in [0.15, 0.2) is 10.7 Å². The largest absolute Gasteiger partial charge is 0.240 e. The maximum atomic E-state index is 8.83. The molecule has 0 spiro atoms. The van der Waals surface area contributed by atoms with Crippen molar-refractivity contribution in [2.45, 2.75) is 12.8 Å². The monoisotopic (exact) mass is 303 g/mol. The fourth-order valence-electron chi connectivity index (χ4n) is 0.886. The van der Waals surface area contributed by atoms with Gasteiger partial charge < -0.3 is 0 Å². The number of aromatic nitrogens is 2. The van der Waals surface area contributed by atoms with Crippen LogP contribution in [0.3, 0.4) is 0 Å². The molecule has 0 N–H and O–H groups in total. The molecule has 0 saturated carbocycles. The van der Waals surface area contributed by atoms with E-state index in [2.05, 4.69) is 47.9 Å². The summed E-state index contributed by atoms with van der Waals surface area (Å²) in [5.41, 5.74) is 0.742. The summed E-state index contributed by atoms with van der Waals surface area (Å²) in [4.78, 5) is 8.21. The molecule has 0 bridgehead atoms. The predicted octanol–water partition coefficient (Wildman–Crippen LogP) is 2.55. The smallest absolute Gasteiger partial charge is 0.125 e. The van der Waals surface area contributed by atoms with Crippen LogP contribution >= 0.6 is 31.9 Å². The van der Waals surface area contributed by atoms with E-state index in [4.69, 9.17) is 5.26 Å². The van der Waals surface area contributed by atoms with Gasteiger partial charge in [-0.15, -0.1) is 0 Å². The Morgan fingerprint density at radius 1 is 1.69 bits per heavy atom. The first-order chi connectivity index (χ1) is 6.19. The van der Waals surface area contributed by atoms with E-state index in [1.807, 2.05) is 0 Å². The Kier molecular flexibility index (Phi) is 3.82. The van der Waals surface area contributed by atoms with Crippen LogP contribution in [0.4, 0.5) is 0 Å². The molecule has 0 aliphatic carbocycles. The summed E-state index contributed by atoms with van der Waals surface area (Å²) in [6, 6.07) is 2.17. The molecule has 1 atom stereocenters. The van der Waals surface area contributed by atoms with Gasteiger partial charge in [0.25, 0.3) is 0 Å². The van der Waals surface area contributed by atoms with Gasteiger partial charge in [-0.25, -0.2) is 9.97 Å². The zero-order valence-electron chi connectivity index (χ0n) is 6.96. The summed E-state index contributed by atoms with van der Waals surface area (Å²) < 4.78 is 0.782. The lowest BCUT2D eigenvalue weighted by atomic mass is 10.1. The molecule has 0 aromatic carbocycles. The summed E-state index contributed by atoms with van der Waals surface area (Å²) in [7, 11) is 0. The first-order valence-electron chi connectivity index (χ1n) is 3.63. The second-order valence-electron chi connectivity index (χ2n) is 2.49. The van der Waals surface area contributed by atoms with Crippen LogP contribution in [-0.4, -0.2) is 15.3 Å². The summed E-state index contributed by atoms with van der Waals surface area (Å²) >= 11 is 6.58. The van der Waals surface area contributed by atoms with E-state index in [1.165, 1.54) is 0 Å². The highest BCUT2D eigenvalue weighted by Crippen LogP contribution is 2.23. The number of aryl methyl sites for hydroxylation is 1. The van der Waals surface area contributed by atoms with E-state index in [1.54, 1.807) is 13.1 Å². The maximum absolute atomic E-state index is 8.83. The molecule has 0 amide bonds. The molecule has 1 aromatic heterocycles. The molecule has 1 rings (SSSR count). The van der Waals surface area contributed by atoms with Gasteiger partial charge in [0.15, 0.2) is 0 Å². The number of alkyl halides is 1. The average molecular weight is 305 g/mol. The van der Waals surface area contributed by atoms with Gasteiger partial charge in [0, 0.05) is 11.5 Å². The van der Waals surface area contributed by atoms with Crippen molar-refractivity contribution in [1.29, 1.82) is 5.26 Å². The van der Waals surface area contributed by atoms with Crippen LogP contribution in [0.25, 0.3) is 0 Å². The predicted molar refractivity (Wildman–Crippen MR) is 56.6 cm³/mol. The average Bonchev–Trinajstić information content (AvgIpc) is 2.13. The van der Waals surface area contributed by atoms with Crippen molar-refractivity contribution < 1.29 is 0 Å². The molecule has 0 aliphatic heterocycles. The molecular formula is C8H7Br2N3. The van der Waals surface area contributed by atoms with Gasteiger partial charge >= 0.3 is 0 Å². The second kappa shape index (κ2) is 4.68. The normalized spacial score (nSPS) is 12.2. The van der Waals surface area contributed by atoms with E-state index in [0.29, 0.717) is 11.2 Å². The van der Waals surface area contributed by atoms with Crippen molar-refractivity contribution in [3.8, 4) is 6.07 Å². The van der Waals surface area contributed by atoms with Crippen molar-refractivity contribution in [2.24, 2.45) is 0 Å². The number of hydrogen-bond donors (Lipinski definition) is 0. The van der Waals surface area contributed by atoms with Gasteiger partial charge in [0.1, 0.15) is 5.82 Å². The highest BCUT2D eigenvalue weighted by molar-refractivity contribution is 9.10. The summed E-state index contributed by atoms with van der Waals surface area (Å²) in [6.07, 6.45) is 1.67. The van der Waals surface area contributed by atoms with Gasteiger partial charge in [0.2, 0.25) is 0 Å². The second-order valence-corrected chi connectivity index (χ2v) is 3.99. The molecule has 1 aromatic rings. The quantitative estimate of drug-likeness (QED) is 0.789. The number of hydrogen-bond acceptors (Lipinski definition) is 3. The summed E-state index contributed by atoms with van der Waals surface area (Å²) in [6.45, 7) is 1.80. The van der Waals surface area contributed by atoms with Crippen LogP contribution < -0.4 is 0 Å². The topological polar surface area (TPSA) is 49.6 Å². The highest BCUT2D eigenvalue weighted by atomic mass is 79.9. The molecular weight excluding hydrogens is 298 g/mol. The summed E-state index contributed by atoms with van der Waals surface area (Å²) in [5.74, 6) is 0.454. The van der Waals surface area contributed by atoms with Crippen molar-refractivity contribution in [3.63, 3.8) is 0 Å². The fourth-order valence-corrected chi connectivity index (χ4v) is 1.80. The molecule has 0 aliphatic rings. The Morgan fingerprint density at radius 3 is 2.92 bits per heavy atom. The standard InChI is InChI=1S/C8H7Br2N3/c1-5-12-4-7(10)8(13-5)6(2-9)3-11/h4,6H,2H2,1H3. The molecule has 13 heavy (non-hydrogen) atoms. The number of nitriles is 1. The van der Waals surface area contributed by atoms with Crippen LogP contribution in [0.1, 0.15) is 17.4 Å². The van der Waals surface area contributed by atoms with E-state index in [9.17, 15) is 0 Å². The molecule has 3 nitrogen and oxygen atoms in total. The van der Waals surface area contributed by atoms with Crippen LogP contribution in [0.5, 0.6) is 0 Å². The molecule has 0 fully saturated rings. The Bertz CT molecular complexity index is 346. The van der Waals surface area contributed by atoms with Crippen molar-refractivity contribution in [1.82, 2.24) is 9.97 Å². The minimum absolute atomic E-state index is 0.226. The first kappa shape index (κ1) is 10.6. The molecule has 68 valence electrons. The molecule has 0 saturated heterocycles. The third kappa shape index (κ3) is 2.48. The molecule has 5 heteroatoms. The summed E-state index contributed by atoms with van der Waals surface area (Å²) in [5, 5.41) is 9.42. The third-order valence-corrected chi connectivity index (χ3v) is 2.79. The lowest BCUT2D eigenvalue weighted by molar-refractivity contribution is 0.881. The van der Waals surface area contributed by atoms with Crippen molar-refractivity contribution in [2.75, 3.05) is 5.33 Å². The van der Waals surface area contributed by atoms with Crippen LogP contribution in [0, 0.1) is 18.3 Å². The zero-order chi connectivity index (χ0) is 9.84. The Balaban J connectivity index is 3.13. The molecule has 1 heterocycles. The lowest BCUT2D eigenvalue weighted by Crippen LogP contribution is -2.03. The van der Waals surface area contributed by atoms with Gasteiger partial charge in [-0.2, -0.15) is 5.26 Å². The van der Waals surface area contributed by atoms with Gasteiger partial charge in [-0.1, -0.05) is 15.9 Å². The number of nitrogens with zero attached hydrogens (tertiary/aromatic N) is 3. The number of rotatable bonds is 2. The van der Waals surface area contributed by atoms with E-state index >= 15 is 0 Å². The van der Waals surface area contributed by atoms with Gasteiger partial charge in [-0.05, 0) is 22.9 Å². The highest BCUT2D eigenvalue weighted by Gasteiger charge is 2.14. The van der Waals surface area contributed by atoms with Crippen molar-refractivity contribution in [3.05, 3.63) is 22.2 Å². The van der Waals surface area contributed by atoms with E-state index in [-0.39, 0.29) is 5.92 Å². The van der Waals surface area contributed by atoms with Gasteiger partial charge in [-0.3, -0.25) is 0 Å². The minimum atomic E-state index is -0.226. The first-order valence-corrected chi connectivity index (χ1v) is 5.55. The van der Waals surface area contributed by atoms with Crippen molar-refractivity contribution >= 4 is 31.9 Å². The van der Waals surface area contributed by atoms with Crippen LogP contribution in [0.2, 0.25) is 0 Å². The maximum Gasteiger partial charge on any atom is 0.125 e. The van der Waals surface area contributed by atoms with Gasteiger partial charge in [0.05, 0.1) is 22.2 Å². The Hall–Kier alpha value is -0.470. The Labute approximate surface area is 93.5 Å². The number of halogens is 2.